The van der Waals surface area contributed by atoms with Gasteiger partial charge in [-0.05, 0) is 24.0 Å². The molecule has 0 fully saturated rings. The van der Waals surface area contributed by atoms with Crippen molar-refractivity contribution in [2.24, 2.45) is 11.3 Å². The summed E-state index contributed by atoms with van der Waals surface area (Å²) < 4.78 is 2.47. The number of rotatable bonds is 4. The number of carboxylic acid groups (broad SMARTS) is 1. The van der Waals surface area contributed by atoms with Crippen LogP contribution in [0.2, 0.25) is 0 Å². The second-order valence-electron chi connectivity index (χ2n) is 6.25. The van der Waals surface area contributed by atoms with Gasteiger partial charge < -0.3 is 5.11 Å². The molecule has 0 radical (unpaired) electrons. The number of carboxylic acids is 1. The SMILES string of the molecule is CC(C)(C)CC(Cn1sc2ccccc2c1=O)C(=O)O. The zero-order valence-electron chi connectivity index (χ0n) is 11.9. The molecule has 1 aromatic carbocycles. The van der Waals surface area contributed by atoms with Crippen LogP contribution in [0.4, 0.5) is 0 Å². The van der Waals surface area contributed by atoms with Crippen molar-refractivity contribution in [1.82, 2.24) is 3.96 Å². The Morgan fingerprint density at radius 2 is 2.00 bits per heavy atom. The van der Waals surface area contributed by atoms with Gasteiger partial charge in [-0.3, -0.25) is 13.5 Å². The first-order chi connectivity index (χ1) is 9.28. The highest BCUT2D eigenvalue weighted by Gasteiger charge is 2.26. The zero-order chi connectivity index (χ0) is 14.9. The largest absolute Gasteiger partial charge is 0.481 e. The fourth-order valence-corrected chi connectivity index (χ4v) is 3.37. The van der Waals surface area contributed by atoms with Crippen LogP contribution in [-0.4, -0.2) is 15.0 Å². The van der Waals surface area contributed by atoms with Crippen LogP contribution in [0.1, 0.15) is 27.2 Å². The van der Waals surface area contributed by atoms with Crippen molar-refractivity contribution in [3.63, 3.8) is 0 Å². The molecule has 1 unspecified atom stereocenters. The summed E-state index contributed by atoms with van der Waals surface area (Å²) in [5.41, 5.74) is -0.172. The smallest absolute Gasteiger partial charge is 0.308 e. The maximum atomic E-state index is 12.2. The third kappa shape index (κ3) is 3.28. The number of benzene rings is 1. The number of nitrogens with zero attached hydrogens (tertiary/aromatic N) is 1. The minimum absolute atomic E-state index is 0.0800. The summed E-state index contributed by atoms with van der Waals surface area (Å²) >= 11 is 1.34. The van der Waals surface area contributed by atoms with Gasteiger partial charge in [-0.15, -0.1) is 0 Å². The second kappa shape index (κ2) is 5.40. The molecule has 1 N–H and O–H groups in total. The predicted octanol–water partition coefficient (Wildman–Crippen LogP) is 3.20. The lowest BCUT2D eigenvalue weighted by atomic mass is 9.84. The quantitative estimate of drug-likeness (QED) is 0.941. The number of aliphatic carboxylic acids is 1. The monoisotopic (exact) mass is 293 g/mol. The van der Waals surface area contributed by atoms with E-state index in [1.54, 1.807) is 10.0 Å². The first-order valence-electron chi connectivity index (χ1n) is 6.59. The van der Waals surface area contributed by atoms with Crippen LogP contribution in [-0.2, 0) is 11.3 Å². The van der Waals surface area contributed by atoms with Crippen LogP contribution < -0.4 is 5.56 Å². The molecule has 1 heterocycles. The van der Waals surface area contributed by atoms with Crippen LogP contribution in [0.25, 0.3) is 10.1 Å². The van der Waals surface area contributed by atoms with Crippen molar-refractivity contribution in [2.75, 3.05) is 0 Å². The highest BCUT2D eigenvalue weighted by atomic mass is 32.1. The standard InChI is InChI=1S/C15H19NO3S/c1-15(2,3)8-10(14(18)19)9-16-13(17)11-6-4-5-7-12(11)20-16/h4-7,10H,8-9H2,1-3H3,(H,18,19). The van der Waals surface area contributed by atoms with Crippen molar-refractivity contribution in [3.8, 4) is 0 Å². The molecular formula is C15H19NO3S. The van der Waals surface area contributed by atoms with E-state index in [0.717, 1.165) is 4.70 Å². The molecule has 0 bridgehead atoms. The molecule has 20 heavy (non-hydrogen) atoms. The van der Waals surface area contributed by atoms with Crippen molar-refractivity contribution in [3.05, 3.63) is 34.6 Å². The van der Waals surface area contributed by atoms with E-state index < -0.39 is 11.9 Å². The molecule has 5 heteroatoms. The van der Waals surface area contributed by atoms with Gasteiger partial charge in [0.05, 0.1) is 16.0 Å². The number of fused-ring (bicyclic) bond motifs is 1. The van der Waals surface area contributed by atoms with E-state index in [4.69, 9.17) is 0 Å². The molecule has 2 rings (SSSR count). The number of carbonyl (C=O) groups is 1. The van der Waals surface area contributed by atoms with Crippen LogP contribution in [0.15, 0.2) is 29.1 Å². The molecule has 0 aliphatic heterocycles. The van der Waals surface area contributed by atoms with Gasteiger partial charge in [-0.25, -0.2) is 0 Å². The van der Waals surface area contributed by atoms with Crippen LogP contribution in [0.5, 0.6) is 0 Å². The van der Waals surface area contributed by atoms with Crippen molar-refractivity contribution in [2.45, 2.75) is 33.7 Å². The summed E-state index contributed by atoms with van der Waals surface area (Å²) in [6, 6.07) is 7.37. The summed E-state index contributed by atoms with van der Waals surface area (Å²) in [7, 11) is 0. The molecule has 0 aliphatic carbocycles. The van der Waals surface area contributed by atoms with Crippen molar-refractivity contribution < 1.29 is 9.90 Å². The lowest BCUT2D eigenvalue weighted by molar-refractivity contribution is -0.143. The lowest BCUT2D eigenvalue weighted by Gasteiger charge is -2.23. The van der Waals surface area contributed by atoms with Gasteiger partial charge >= 0.3 is 5.97 Å². The Morgan fingerprint density at radius 3 is 2.55 bits per heavy atom. The maximum Gasteiger partial charge on any atom is 0.308 e. The summed E-state index contributed by atoms with van der Waals surface area (Å²) in [5, 5.41) is 10.0. The molecular weight excluding hydrogens is 274 g/mol. The molecule has 1 atom stereocenters. The van der Waals surface area contributed by atoms with E-state index in [0.29, 0.717) is 11.8 Å². The maximum absolute atomic E-state index is 12.2. The molecule has 0 spiro atoms. The minimum atomic E-state index is -0.843. The molecule has 0 saturated heterocycles. The van der Waals surface area contributed by atoms with E-state index in [1.807, 2.05) is 39.0 Å². The first kappa shape index (κ1) is 14.8. The Labute approximate surface area is 121 Å². The molecule has 0 amide bonds. The second-order valence-corrected chi connectivity index (χ2v) is 7.32. The van der Waals surface area contributed by atoms with Gasteiger partial charge in [0.2, 0.25) is 0 Å². The summed E-state index contributed by atoms with van der Waals surface area (Å²) in [4.78, 5) is 23.6. The fraction of sp³-hybridized carbons (Fsp3) is 0.467. The van der Waals surface area contributed by atoms with Gasteiger partial charge in [0.1, 0.15) is 0 Å². The van der Waals surface area contributed by atoms with E-state index in [1.165, 1.54) is 11.5 Å². The van der Waals surface area contributed by atoms with Crippen LogP contribution >= 0.6 is 11.5 Å². The van der Waals surface area contributed by atoms with Crippen LogP contribution in [0.3, 0.4) is 0 Å². The fourth-order valence-electron chi connectivity index (χ4n) is 2.31. The Morgan fingerprint density at radius 1 is 1.35 bits per heavy atom. The third-order valence-corrected chi connectivity index (χ3v) is 4.23. The Balaban J connectivity index is 2.32. The van der Waals surface area contributed by atoms with Gasteiger partial charge in [0.15, 0.2) is 0 Å². The molecule has 4 nitrogen and oxygen atoms in total. The number of hydrogen-bond acceptors (Lipinski definition) is 3. The normalized spacial score (nSPS) is 13.6. The predicted molar refractivity (Wildman–Crippen MR) is 81.3 cm³/mol. The van der Waals surface area contributed by atoms with Gasteiger partial charge in [-0.2, -0.15) is 0 Å². The first-order valence-corrected chi connectivity index (χ1v) is 7.37. The Hall–Kier alpha value is -1.62. The Kier molecular flexibility index (Phi) is 3.99. The zero-order valence-corrected chi connectivity index (χ0v) is 12.7. The molecule has 2 aromatic rings. The van der Waals surface area contributed by atoms with E-state index in [2.05, 4.69) is 0 Å². The average molecular weight is 293 g/mol. The topological polar surface area (TPSA) is 59.3 Å². The molecule has 1 aromatic heterocycles. The summed E-state index contributed by atoms with van der Waals surface area (Å²) in [6.07, 6.45) is 0.545. The highest BCUT2D eigenvalue weighted by molar-refractivity contribution is 7.13. The van der Waals surface area contributed by atoms with Gasteiger partial charge in [0, 0.05) is 6.54 Å². The van der Waals surface area contributed by atoms with E-state index >= 15 is 0 Å². The summed E-state index contributed by atoms with van der Waals surface area (Å²) in [6.45, 7) is 6.27. The minimum Gasteiger partial charge on any atom is -0.481 e. The van der Waals surface area contributed by atoms with Crippen molar-refractivity contribution in [1.29, 1.82) is 0 Å². The van der Waals surface area contributed by atoms with Gasteiger partial charge in [-0.1, -0.05) is 44.4 Å². The van der Waals surface area contributed by atoms with E-state index in [-0.39, 0.29) is 17.5 Å². The highest BCUT2D eigenvalue weighted by Crippen LogP contribution is 2.26. The molecule has 108 valence electrons. The lowest BCUT2D eigenvalue weighted by Crippen LogP contribution is -2.28. The number of hydrogen-bond donors (Lipinski definition) is 1. The van der Waals surface area contributed by atoms with Crippen LogP contribution in [0, 0.1) is 11.3 Å². The average Bonchev–Trinajstić information content (AvgIpc) is 2.64. The molecule has 0 aliphatic rings. The Bertz CT molecular complexity index is 678. The molecule has 0 saturated carbocycles. The third-order valence-electron chi connectivity index (χ3n) is 3.15. The van der Waals surface area contributed by atoms with E-state index in [9.17, 15) is 14.7 Å². The number of aromatic nitrogens is 1. The van der Waals surface area contributed by atoms with Crippen molar-refractivity contribution >= 4 is 27.6 Å². The summed E-state index contributed by atoms with van der Waals surface area (Å²) in [5.74, 6) is -1.38. The van der Waals surface area contributed by atoms with Gasteiger partial charge in [0.25, 0.3) is 5.56 Å².